The molecule has 0 saturated carbocycles. The number of halogens is 1. The van der Waals surface area contributed by atoms with Crippen LogP contribution in [0.3, 0.4) is 0 Å². The average molecular weight is 384 g/mol. The summed E-state index contributed by atoms with van der Waals surface area (Å²) in [6.07, 6.45) is 2.33. The summed E-state index contributed by atoms with van der Waals surface area (Å²) in [7, 11) is 0. The maximum atomic E-state index is 4.18. The first kappa shape index (κ1) is 16.4. The first-order chi connectivity index (χ1) is 11.2. The Hall–Kier alpha value is -1.43. The second-order valence-electron chi connectivity index (χ2n) is 5.68. The molecule has 0 unspecified atom stereocenters. The number of benzene rings is 3. The van der Waals surface area contributed by atoms with Crippen LogP contribution in [-0.4, -0.2) is 0 Å². The Bertz CT molecular complexity index is 696. The van der Waals surface area contributed by atoms with Gasteiger partial charge in [0.25, 0.3) is 0 Å². The molecule has 0 fully saturated rings. The van der Waals surface area contributed by atoms with E-state index in [1.807, 2.05) is 0 Å². The minimum Gasteiger partial charge on any atom is -0.0651 e. The number of aryl methyl sites for hydroxylation is 1. The third-order valence-corrected chi connectivity index (χ3v) is 10.8. The highest BCUT2D eigenvalue weighted by Gasteiger charge is 2.43. The second-order valence-corrected chi connectivity index (χ2v) is 11.6. The van der Waals surface area contributed by atoms with Gasteiger partial charge in [-0.2, -0.15) is 0 Å². The summed E-state index contributed by atoms with van der Waals surface area (Å²) in [6.45, 7) is 2.23. The molecular formula is C21H21BrP+. The largest absolute Gasteiger partial charge is 0.181 e. The molecule has 0 aliphatic heterocycles. The number of hydrogen-bond acceptors (Lipinski definition) is 0. The van der Waals surface area contributed by atoms with E-state index >= 15 is 0 Å². The lowest BCUT2D eigenvalue weighted by molar-refractivity contribution is 0.922. The highest BCUT2D eigenvalue weighted by atomic mass is 79.9. The van der Waals surface area contributed by atoms with Crippen molar-refractivity contribution >= 4 is 37.4 Å². The van der Waals surface area contributed by atoms with Crippen LogP contribution in [0.15, 0.2) is 84.9 Å². The van der Waals surface area contributed by atoms with Crippen molar-refractivity contribution in [3.05, 3.63) is 90.5 Å². The zero-order valence-corrected chi connectivity index (χ0v) is 15.8. The van der Waals surface area contributed by atoms with Gasteiger partial charge in [-0.25, -0.2) is 0 Å². The first-order valence-corrected chi connectivity index (χ1v) is 11.9. The maximum Gasteiger partial charge on any atom is 0.181 e. The smallest absolute Gasteiger partial charge is 0.0651 e. The summed E-state index contributed by atoms with van der Waals surface area (Å²) in [5.41, 5.74) is 1.41. The molecule has 3 aromatic carbocycles. The summed E-state index contributed by atoms with van der Waals surface area (Å²) in [4.78, 5) is 0. The molecule has 0 nitrogen and oxygen atoms in total. The van der Waals surface area contributed by atoms with E-state index in [0.29, 0.717) is 0 Å². The Morgan fingerprint density at radius 1 is 0.652 bits per heavy atom. The molecule has 0 atom stereocenters. The quantitative estimate of drug-likeness (QED) is 0.528. The number of hydrogen-bond donors (Lipinski definition) is 0. The van der Waals surface area contributed by atoms with Gasteiger partial charge in [0.15, 0.2) is 21.5 Å². The Morgan fingerprint density at radius 3 is 1.52 bits per heavy atom. The minimum atomic E-state index is -1.75. The van der Waals surface area contributed by atoms with Crippen LogP contribution in [-0.2, 0) is 6.42 Å². The Morgan fingerprint density at radius 2 is 1.09 bits per heavy atom. The third-order valence-electron chi connectivity index (χ3n) is 4.05. The highest BCUT2D eigenvalue weighted by molar-refractivity contribution is 9.44. The van der Waals surface area contributed by atoms with Gasteiger partial charge >= 0.3 is 0 Å². The molecule has 0 saturated heterocycles. The molecule has 3 aromatic rings. The fourth-order valence-electron chi connectivity index (χ4n) is 2.87. The van der Waals surface area contributed by atoms with Crippen molar-refractivity contribution in [2.24, 2.45) is 0 Å². The van der Waals surface area contributed by atoms with Crippen molar-refractivity contribution in [3.63, 3.8) is 0 Å². The molecule has 116 valence electrons. The van der Waals surface area contributed by atoms with Gasteiger partial charge in [0, 0.05) is 0 Å². The summed E-state index contributed by atoms with van der Waals surface area (Å²) in [5, 5.41) is 4.08. The van der Waals surface area contributed by atoms with Gasteiger partial charge in [0.2, 0.25) is 0 Å². The van der Waals surface area contributed by atoms with Gasteiger partial charge in [-0.15, -0.1) is 0 Å². The second kappa shape index (κ2) is 7.43. The van der Waals surface area contributed by atoms with Crippen LogP contribution >= 0.6 is 21.5 Å². The molecule has 0 radical (unpaired) electrons. The van der Waals surface area contributed by atoms with Gasteiger partial charge in [0.05, 0.1) is 0 Å². The van der Waals surface area contributed by atoms with Gasteiger partial charge in [-0.05, 0) is 48.4 Å². The van der Waals surface area contributed by atoms with E-state index in [9.17, 15) is 0 Å². The first-order valence-electron chi connectivity index (χ1n) is 8.04. The molecular weight excluding hydrogens is 363 g/mol. The lowest BCUT2D eigenvalue weighted by Gasteiger charge is -2.20. The lowest BCUT2D eigenvalue weighted by Crippen LogP contribution is -2.26. The van der Waals surface area contributed by atoms with E-state index in [1.165, 1.54) is 27.9 Å². The van der Waals surface area contributed by atoms with Crippen LogP contribution in [0.4, 0.5) is 0 Å². The minimum absolute atomic E-state index is 1.14. The Labute approximate surface area is 147 Å². The number of rotatable bonds is 5. The zero-order valence-electron chi connectivity index (χ0n) is 13.3. The summed E-state index contributed by atoms with van der Waals surface area (Å²) in [6, 6.07) is 30.7. The van der Waals surface area contributed by atoms with Crippen molar-refractivity contribution < 1.29 is 0 Å². The molecule has 0 aromatic heterocycles. The van der Waals surface area contributed by atoms with Crippen LogP contribution in [0.2, 0.25) is 0 Å². The molecule has 0 aliphatic rings. The van der Waals surface area contributed by atoms with Crippen molar-refractivity contribution in [1.82, 2.24) is 0 Å². The Kier molecular flexibility index (Phi) is 5.30. The molecule has 0 amide bonds. The topological polar surface area (TPSA) is 0 Å². The molecule has 0 N–H and O–H groups in total. The molecule has 2 heteroatoms. The van der Waals surface area contributed by atoms with E-state index in [1.54, 1.807) is 0 Å². The highest BCUT2D eigenvalue weighted by Crippen LogP contribution is 2.62. The van der Waals surface area contributed by atoms with Gasteiger partial charge in [-0.1, -0.05) is 61.9 Å². The fourth-order valence-corrected chi connectivity index (χ4v) is 7.62. The molecule has 0 heterocycles. The Balaban J connectivity index is 2.13. The van der Waals surface area contributed by atoms with Crippen molar-refractivity contribution in [2.45, 2.75) is 19.8 Å². The van der Waals surface area contributed by atoms with Crippen LogP contribution in [0.1, 0.15) is 18.9 Å². The maximum absolute atomic E-state index is 4.18. The predicted molar refractivity (Wildman–Crippen MR) is 108 cm³/mol. The van der Waals surface area contributed by atoms with Gasteiger partial charge in [-0.3, -0.25) is 0 Å². The van der Waals surface area contributed by atoms with E-state index in [-0.39, 0.29) is 0 Å². The van der Waals surface area contributed by atoms with E-state index < -0.39 is 5.96 Å². The van der Waals surface area contributed by atoms with Gasteiger partial charge in [0.1, 0.15) is 15.9 Å². The lowest BCUT2D eigenvalue weighted by atomic mass is 10.1. The van der Waals surface area contributed by atoms with Crippen LogP contribution in [0.25, 0.3) is 0 Å². The summed E-state index contributed by atoms with van der Waals surface area (Å²) < 4.78 is 0. The predicted octanol–water partition coefficient (Wildman–Crippen LogP) is 5.24. The monoisotopic (exact) mass is 383 g/mol. The van der Waals surface area contributed by atoms with Crippen molar-refractivity contribution in [3.8, 4) is 0 Å². The van der Waals surface area contributed by atoms with Crippen LogP contribution < -0.4 is 15.9 Å². The summed E-state index contributed by atoms with van der Waals surface area (Å²) >= 11 is 4.18. The van der Waals surface area contributed by atoms with E-state index in [0.717, 1.165) is 6.42 Å². The molecule has 3 rings (SSSR count). The molecule has 23 heavy (non-hydrogen) atoms. The van der Waals surface area contributed by atoms with E-state index in [4.69, 9.17) is 0 Å². The average Bonchev–Trinajstić information content (AvgIpc) is 2.63. The zero-order chi connectivity index (χ0) is 16.1. The standard InChI is InChI=1S/C21H21BrP/c1-2-9-18-14-16-21(17-15-18)23(22,19-10-5-3-6-11-19)20-12-7-4-8-13-20/h3-8,10-17H,2,9H2,1H3/q+1. The SMILES string of the molecule is CCCc1ccc([P+](Br)(c2ccccc2)c2ccccc2)cc1. The molecule has 0 spiro atoms. The van der Waals surface area contributed by atoms with Crippen LogP contribution in [0.5, 0.6) is 0 Å². The molecule has 0 aliphatic carbocycles. The fraction of sp³-hybridized carbons (Fsp3) is 0.143. The third kappa shape index (κ3) is 3.42. The molecule has 0 bridgehead atoms. The summed E-state index contributed by atoms with van der Waals surface area (Å²) in [5.74, 6) is -1.75. The normalized spacial score (nSPS) is 11.4. The van der Waals surface area contributed by atoms with Crippen molar-refractivity contribution in [1.29, 1.82) is 0 Å². The van der Waals surface area contributed by atoms with E-state index in [2.05, 4.69) is 107 Å². The van der Waals surface area contributed by atoms with Crippen LogP contribution in [0, 0.1) is 0 Å². The van der Waals surface area contributed by atoms with Crippen molar-refractivity contribution in [2.75, 3.05) is 0 Å². The van der Waals surface area contributed by atoms with Gasteiger partial charge < -0.3 is 0 Å².